The molecule has 0 aromatic heterocycles. The standard InChI is InChI=1S/C35H36FN3O/c36-31-14-11-27(12-15-31)26-39-20-17-30-13-16-32(25-34(30)35(39)40)38-23-21-37(22-24-38)19-18-33(28-7-3-1-4-8-28)29-9-5-2-6-10-29/h1-16,25,33H,17-24,26H2. The Balaban J connectivity index is 1.07. The molecule has 6 rings (SSSR count). The van der Waals surface area contributed by atoms with Gasteiger partial charge in [-0.3, -0.25) is 9.69 Å². The van der Waals surface area contributed by atoms with Gasteiger partial charge in [-0.05, 0) is 65.9 Å². The molecule has 0 saturated carbocycles. The molecule has 0 unspecified atom stereocenters. The fourth-order valence-electron chi connectivity index (χ4n) is 6.10. The minimum absolute atomic E-state index is 0.0685. The Hall–Kier alpha value is -3.96. The summed E-state index contributed by atoms with van der Waals surface area (Å²) in [6, 6.07) is 34.5. The van der Waals surface area contributed by atoms with Crippen LogP contribution in [0.2, 0.25) is 0 Å². The van der Waals surface area contributed by atoms with Gasteiger partial charge in [-0.15, -0.1) is 0 Å². The molecule has 4 aromatic rings. The Morgan fingerprint density at radius 3 is 2.02 bits per heavy atom. The number of halogens is 1. The van der Waals surface area contributed by atoms with E-state index >= 15 is 0 Å². The number of piperazine rings is 1. The number of nitrogens with zero attached hydrogens (tertiary/aromatic N) is 3. The van der Waals surface area contributed by atoms with E-state index in [1.807, 2.05) is 4.90 Å². The highest BCUT2D eigenvalue weighted by Crippen LogP contribution is 2.29. The summed E-state index contributed by atoms with van der Waals surface area (Å²) in [7, 11) is 0. The first-order valence-electron chi connectivity index (χ1n) is 14.4. The number of hydrogen-bond acceptors (Lipinski definition) is 3. The maximum absolute atomic E-state index is 13.4. The molecule has 0 N–H and O–H groups in total. The van der Waals surface area contributed by atoms with Crippen LogP contribution in [0.3, 0.4) is 0 Å². The lowest BCUT2D eigenvalue weighted by Gasteiger charge is -2.37. The van der Waals surface area contributed by atoms with Crippen molar-refractivity contribution in [2.24, 2.45) is 0 Å². The van der Waals surface area contributed by atoms with Crippen LogP contribution in [0.1, 0.15) is 45.0 Å². The maximum Gasteiger partial charge on any atom is 0.254 e. The van der Waals surface area contributed by atoms with Gasteiger partial charge < -0.3 is 9.80 Å². The van der Waals surface area contributed by atoms with Crippen molar-refractivity contribution in [3.8, 4) is 0 Å². The Bertz CT molecular complexity index is 1380. The molecule has 204 valence electrons. The predicted molar refractivity (Wildman–Crippen MR) is 159 cm³/mol. The van der Waals surface area contributed by atoms with Crippen molar-refractivity contribution in [2.45, 2.75) is 25.3 Å². The Labute approximate surface area is 236 Å². The van der Waals surface area contributed by atoms with E-state index < -0.39 is 0 Å². The molecular formula is C35H36FN3O. The second-order valence-electron chi connectivity index (χ2n) is 10.9. The zero-order chi connectivity index (χ0) is 27.3. The average Bonchev–Trinajstić information content (AvgIpc) is 3.01. The summed E-state index contributed by atoms with van der Waals surface area (Å²) in [4.78, 5) is 20.2. The van der Waals surface area contributed by atoms with Crippen molar-refractivity contribution in [3.05, 3.63) is 137 Å². The van der Waals surface area contributed by atoms with E-state index in [0.717, 1.165) is 67.9 Å². The molecular weight excluding hydrogens is 497 g/mol. The van der Waals surface area contributed by atoms with E-state index in [9.17, 15) is 9.18 Å². The molecule has 4 aromatic carbocycles. The zero-order valence-corrected chi connectivity index (χ0v) is 22.9. The molecule has 4 nitrogen and oxygen atoms in total. The lowest BCUT2D eigenvalue weighted by Crippen LogP contribution is -2.47. The van der Waals surface area contributed by atoms with Gasteiger partial charge >= 0.3 is 0 Å². The summed E-state index contributed by atoms with van der Waals surface area (Å²) in [6.45, 7) is 6.18. The Morgan fingerprint density at radius 2 is 1.38 bits per heavy atom. The third-order valence-corrected chi connectivity index (χ3v) is 8.42. The second kappa shape index (κ2) is 12.1. The first-order valence-corrected chi connectivity index (χ1v) is 14.4. The normalized spacial score (nSPS) is 15.9. The van der Waals surface area contributed by atoms with Crippen LogP contribution in [0.25, 0.3) is 0 Å². The zero-order valence-electron chi connectivity index (χ0n) is 22.9. The van der Waals surface area contributed by atoms with Crippen LogP contribution in [-0.4, -0.2) is 55.0 Å². The first-order chi connectivity index (χ1) is 19.6. The molecule has 1 amide bonds. The monoisotopic (exact) mass is 533 g/mol. The van der Waals surface area contributed by atoms with Crippen LogP contribution in [0, 0.1) is 5.82 Å². The van der Waals surface area contributed by atoms with Gasteiger partial charge in [-0.2, -0.15) is 0 Å². The molecule has 0 aliphatic carbocycles. The third-order valence-electron chi connectivity index (χ3n) is 8.42. The van der Waals surface area contributed by atoms with Crippen molar-refractivity contribution in [3.63, 3.8) is 0 Å². The van der Waals surface area contributed by atoms with E-state index in [2.05, 4.69) is 88.7 Å². The summed E-state index contributed by atoms with van der Waals surface area (Å²) in [5.74, 6) is 0.208. The van der Waals surface area contributed by atoms with Gasteiger partial charge in [0.05, 0.1) is 0 Å². The van der Waals surface area contributed by atoms with Crippen LogP contribution in [0.5, 0.6) is 0 Å². The summed E-state index contributed by atoms with van der Waals surface area (Å²) < 4.78 is 13.3. The summed E-state index contributed by atoms with van der Waals surface area (Å²) in [6.07, 6.45) is 1.94. The number of carbonyl (C=O) groups excluding carboxylic acids is 1. The Kier molecular flexibility index (Phi) is 7.92. The molecule has 1 saturated heterocycles. The highest BCUT2D eigenvalue weighted by molar-refractivity contribution is 5.97. The molecule has 2 heterocycles. The van der Waals surface area contributed by atoms with Crippen molar-refractivity contribution >= 4 is 11.6 Å². The number of amides is 1. The second-order valence-corrected chi connectivity index (χ2v) is 10.9. The molecule has 2 aliphatic heterocycles. The average molecular weight is 534 g/mol. The molecule has 0 spiro atoms. The van der Waals surface area contributed by atoms with Crippen LogP contribution in [-0.2, 0) is 13.0 Å². The number of anilines is 1. The summed E-state index contributed by atoms with van der Waals surface area (Å²) in [5.41, 5.74) is 6.76. The summed E-state index contributed by atoms with van der Waals surface area (Å²) in [5, 5.41) is 0. The predicted octanol–water partition coefficient (Wildman–Crippen LogP) is 6.37. The Morgan fingerprint density at radius 1 is 0.725 bits per heavy atom. The van der Waals surface area contributed by atoms with Crippen molar-refractivity contribution < 1.29 is 9.18 Å². The minimum Gasteiger partial charge on any atom is -0.369 e. The van der Waals surface area contributed by atoms with Crippen molar-refractivity contribution in [2.75, 3.05) is 44.2 Å². The van der Waals surface area contributed by atoms with Crippen LogP contribution >= 0.6 is 0 Å². The topological polar surface area (TPSA) is 26.8 Å². The smallest absolute Gasteiger partial charge is 0.254 e. The number of fused-ring (bicyclic) bond motifs is 1. The lowest BCUT2D eigenvalue weighted by atomic mass is 9.88. The van der Waals surface area contributed by atoms with E-state index in [1.165, 1.54) is 23.3 Å². The molecule has 5 heteroatoms. The van der Waals surface area contributed by atoms with Crippen LogP contribution in [0.4, 0.5) is 10.1 Å². The molecule has 0 bridgehead atoms. The fraction of sp³-hybridized carbons (Fsp3) is 0.286. The van der Waals surface area contributed by atoms with Crippen molar-refractivity contribution in [1.82, 2.24) is 9.80 Å². The molecule has 40 heavy (non-hydrogen) atoms. The van der Waals surface area contributed by atoms with Gasteiger partial charge in [-0.25, -0.2) is 4.39 Å². The van der Waals surface area contributed by atoms with Gasteiger partial charge in [0, 0.05) is 56.4 Å². The van der Waals surface area contributed by atoms with E-state index in [-0.39, 0.29) is 11.7 Å². The van der Waals surface area contributed by atoms with Gasteiger partial charge in [-0.1, -0.05) is 78.9 Å². The number of rotatable bonds is 8. The number of hydrogen-bond donors (Lipinski definition) is 0. The van der Waals surface area contributed by atoms with E-state index in [0.29, 0.717) is 19.0 Å². The van der Waals surface area contributed by atoms with Gasteiger partial charge in [0.2, 0.25) is 0 Å². The molecule has 0 radical (unpaired) electrons. The third kappa shape index (κ3) is 5.95. The molecule has 1 fully saturated rings. The SMILES string of the molecule is O=C1c2cc(N3CCN(CCC(c4ccccc4)c4ccccc4)CC3)ccc2CCN1Cc1ccc(F)cc1. The molecule has 2 aliphatic rings. The quantitative estimate of drug-likeness (QED) is 0.263. The van der Waals surface area contributed by atoms with E-state index in [1.54, 1.807) is 12.1 Å². The molecule has 0 atom stereocenters. The minimum atomic E-state index is -0.254. The van der Waals surface area contributed by atoms with Crippen LogP contribution in [0.15, 0.2) is 103 Å². The van der Waals surface area contributed by atoms with E-state index in [4.69, 9.17) is 0 Å². The van der Waals surface area contributed by atoms with Gasteiger partial charge in [0.1, 0.15) is 5.82 Å². The highest BCUT2D eigenvalue weighted by Gasteiger charge is 2.26. The first kappa shape index (κ1) is 26.3. The largest absolute Gasteiger partial charge is 0.369 e. The lowest BCUT2D eigenvalue weighted by molar-refractivity contribution is 0.0727. The number of carbonyl (C=O) groups is 1. The van der Waals surface area contributed by atoms with Crippen molar-refractivity contribution in [1.29, 1.82) is 0 Å². The summed E-state index contributed by atoms with van der Waals surface area (Å²) >= 11 is 0. The van der Waals surface area contributed by atoms with Crippen LogP contribution < -0.4 is 4.90 Å². The maximum atomic E-state index is 13.4. The highest BCUT2D eigenvalue weighted by atomic mass is 19.1. The fourth-order valence-corrected chi connectivity index (χ4v) is 6.10. The van der Waals surface area contributed by atoms with Gasteiger partial charge in [0.15, 0.2) is 0 Å². The number of benzene rings is 4. The van der Waals surface area contributed by atoms with Gasteiger partial charge in [0.25, 0.3) is 5.91 Å².